The molecule has 0 aromatic carbocycles. The summed E-state index contributed by atoms with van der Waals surface area (Å²) in [6.45, 7) is 8.79. The highest BCUT2D eigenvalue weighted by Crippen LogP contribution is 2.58. The molecule has 0 saturated heterocycles. The van der Waals surface area contributed by atoms with E-state index in [0.29, 0.717) is 23.7 Å². The Balaban J connectivity index is 2.26. The molecular weight excluding hydrogens is 200 g/mol. The van der Waals surface area contributed by atoms with Crippen molar-refractivity contribution >= 4 is 5.97 Å². The smallest absolute Gasteiger partial charge is 0.309 e. The second kappa shape index (κ2) is 3.75. The minimum absolute atomic E-state index is 0.391. The predicted octanol–water partition coefficient (Wildman–Crippen LogP) is 3.42. The fourth-order valence-corrected chi connectivity index (χ4v) is 4.42. The first-order valence-electron chi connectivity index (χ1n) is 6.59. The van der Waals surface area contributed by atoms with Gasteiger partial charge >= 0.3 is 5.97 Å². The molecule has 2 heteroatoms. The number of carbonyl (C=O) groups is 1. The zero-order chi connectivity index (χ0) is 12.1. The molecule has 3 aliphatic rings. The van der Waals surface area contributed by atoms with E-state index in [9.17, 15) is 9.90 Å². The Bertz CT molecular complexity index is 297. The second-order valence-electron chi connectivity index (χ2n) is 6.65. The van der Waals surface area contributed by atoms with Crippen LogP contribution in [0, 0.1) is 35.0 Å². The molecule has 16 heavy (non-hydrogen) atoms. The number of rotatable bonds is 2. The summed E-state index contributed by atoms with van der Waals surface area (Å²) in [7, 11) is 0. The second-order valence-corrected chi connectivity index (χ2v) is 6.65. The number of fused-ring (bicyclic) bond motifs is 3. The quantitative estimate of drug-likeness (QED) is 0.780. The molecule has 0 aromatic rings. The topological polar surface area (TPSA) is 37.3 Å². The van der Waals surface area contributed by atoms with Crippen molar-refractivity contribution in [1.82, 2.24) is 0 Å². The molecule has 0 aromatic heterocycles. The van der Waals surface area contributed by atoms with Crippen molar-refractivity contribution in [2.75, 3.05) is 0 Å². The van der Waals surface area contributed by atoms with Crippen molar-refractivity contribution in [3.8, 4) is 0 Å². The molecule has 0 radical (unpaired) electrons. The van der Waals surface area contributed by atoms with E-state index in [4.69, 9.17) is 0 Å². The Morgan fingerprint density at radius 1 is 1.38 bits per heavy atom. The van der Waals surface area contributed by atoms with Gasteiger partial charge in [0.25, 0.3) is 0 Å². The molecule has 0 heterocycles. The highest BCUT2D eigenvalue weighted by Gasteiger charge is 2.55. The molecule has 92 valence electrons. The molecule has 2 nitrogen and oxygen atoms in total. The van der Waals surface area contributed by atoms with Crippen molar-refractivity contribution in [1.29, 1.82) is 0 Å². The molecule has 2 bridgehead atoms. The van der Waals surface area contributed by atoms with Crippen LogP contribution in [0.1, 0.15) is 47.0 Å². The van der Waals surface area contributed by atoms with E-state index in [-0.39, 0.29) is 0 Å². The van der Waals surface area contributed by atoms with Gasteiger partial charge in [-0.15, -0.1) is 0 Å². The van der Waals surface area contributed by atoms with Crippen LogP contribution in [0.15, 0.2) is 0 Å². The lowest BCUT2D eigenvalue weighted by molar-refractivity contribution is -0.167. The fourth-order valence-electron chi connectivity index (χ4n) is 4.42. The van der Waals surface area contributed by atoms with Gasteiger partial charge in [-0.25, -0.2) is 0 Å². The summed E-state index contributed by atoms with van der Waals surface area (Å²) in [6.07, 6.45) is 3.28. The molecule has 3 fully saturated rings. The third-order valence-corrected chi connectivity index (χ3v) is 5.34. The fraction of sp³-hybridized carbons (Fsp3) is 0.929. The van der Waals surface area contributed by atoms with Crippen LogP contribution in [-0.4, -0.2) is 11.1 Å². The summed E-state index contributed by atoms with van der Waals surface area (Å²) < 4.78 is 0. The van der Waals surface area contributed by atoms with E-state index in [2.05, 4.69) is 20.8 Å². The largest absolute Gasteiger partial charge is 0.481 e. The van der Waals surface area contributed by atoms with Crippen molar-refractivity contribution in [2.24, 2.45) is 35.0 Å². The standard InChI is InChI=1S/C14H24O2/c1-8(2)11-6-12-9(3)5-10(11)7-14(12,4)13(15)16/h8-12H,5-7H2,1-4H3,(H,15,16)/t9-,10+,11-,12-,14-/m1/s1. The maximum Gasteiger partial charge on any atom is 0.309 e. The van der Waals surface area contributed by atoms with E-state index in [1.54, 1.807) is 0 Å². The summed E-state index contributed by atoms with van der Waals surface area (Å²) >= 11 is 0. The summed E-state index contributed by atoms with van der Waals surface area (Å²) in [5.74, 6) is 2.52. The van der Waals surface area contributed by atoms with Crippen LogP contribution in [0.4, 0.5) is 0 Å². The van der Waals surface area contributed by atoms with Crippen LogP contribution in [-0.2, 0) is 4.79 Å². The van der Waals surface area contributed by atoms with Gasteiger partial charge in [-0.1, -0.05) is 20.8 Å². The van der Waals surface area contributed by atoms with Gasteiger partial charge in [0.2, 0.25) is 0 Å². The van der Waals surface area contributed by atoms with Gasteiger partial charge in [0.1, 0.15) is 0 Å². The monoisotopic (exact) mass is 224 g/mol. The summed E-state index contributed by atoms with van der Waals surface area (Å²) in [6, 6.07) is 0. The molecule has 5 atom stereocenters. The van der Waals surface area contributed by atoms with Gasteiger partial charge < -0.3 is 5.11 Å². The Hall–Kier alpha value is -0.530. The Morgan fingerprint density at radius 2 is 2.00 bits per heavy atom. The molecule has 0 aliphatic heterocycles. The maximum absolute atomic E-state index is 11.5. The van der Waals surface area contributed by atoms with Gasteiger partial charge in [-0.05, 0) is 55.8 Å². The van der Waals surface area contributed by atoms with Crippen LogP contribution >= 0.6 is 0 Å². The Morgan fingerprint density at radius 3 is 2.44 bits per heavy atom. The molecular formula is C14H24O2. The number of aliphatic carboxylic acids is 1. The highest BCUT2D eigenvalue weighted by atomic mass is 16.4. The lowest BCUT2D eigenvalue weighted by Gasteiger charge is -2.55. The maximum atomic E-state index is 11.5. The number of hydrogen-bond acceptors (Lipinski definition) is 1. The lowest BCUT2D eigenvalue weighted by Crippen LogP contribution is -2.52. The zero-order valence-corrected chi connectivity index (χ0v) is 10.9. The van der Waals surface area contributed by atoms with Crippen molar-refractivity contribution in [3.05, 3.63) is 0 Å². The van der Waals surface area contributed by atoms with Crippen molar-refractivity contribution in [2.45, 2.75) is 47.0 Å². The molecule has 0 unspecified atom stereocenters. The Kier molecular flexibility index (Phi) is 2.80. The summed E-state index contributed by atoms with van der Waals surface area (Å²) in [5.41, 5.74) is -0.451. The minimum Gasteiger partial charge on any atom is -0.481 e. The molecule has 0 amide bonds. The molecule has 1 N–H and O–H groups in total. The molecule has 3 saturated carbocycles. The molecule has 3 rings (SSSR count). The van der Waals surface area contributed by atoms with E-state index >= 15 is 0 Å². The predicted molar refractivity (Wildman–Crippen MR) is 64.1 cm³/mol. The first-order valence-corrected chi connectivity index (χ1v) is 6.59. The number of carboxylic acids is 1. The van der Waals surface area contributed by atoms with Crippen molar-refractivity contribution < 1.29 is 9.90 Å². The zero-order valence-electron chi connectivity index (χ0n) is 10.9. The van der Waals surface area contributed by atoms with Gasteiger partial charge in [-0.3, -0.25) is 4.79 Å². The van der Waals surface area contributed by atoms with Crippen LogP contribution in [0.2, 0.25) is 0 Å². The average Bonchev–Trinajstić information content (AvgIpc) is 2.16. The van der Waals surface area contributed by atoms with E-state index < -0.39 is 11.4 Å². The lowest BCUT2D eigenvalue weighted by atomic mass is 9.48. The van der Waals surface area contributed by atoms with E-state index in [1.165, 1.54) is 6.42 Å². The highest BCUT2D eigenvalue weighted by molar-refractivity contribution is 5.75. The van der Waals surface area contributed by atoms with Gasteiger partial charge in [0.15, 0.2) is 0 Å². The van der Waals surface area contributed by atoms with Crippen LogP contribution in [0.3, 0.4) is 0 Å². The number of carboxylic acid groups (broad SMARTS) is 1. The minimum atomic E-state index is -0.573. The van der Waals surface area contributed by atoms with Gasteiger partial charge in [-0.2, -0.15) is 0 Å². The van der Waals surface area contributed by atoms with Crippen molar-refractivity contribution in [3.63, 3.8) is 0 Å². The van der Waals surface area contributed by atoms with Gasteiger partial charge in [0, 0.05) is 0 Å². The van der Waals surface area contributed by atoms with E-state index in [0.717, 1.165) is 18.8 Å². The average molecular weight is 224 g/mol. The first-order chi connectivity index (χ1) is 7.36. The first kappa shape index (κ1) is 11.9. The summed E-state index contributed by atoms with van der Waals surface area (Å²) in [5, 5.41) is 9.46. The SMILES string of the molecule is CC(C)[C@H]1C[C@@H]2[C@H](C)C[C@H]1C[C@@]2(C)C(=O)O. The third kappa shape index (κ3) is 1.57. The van der Waals surface area contributed by atoms with E-state index in [1.807, 2.05) is 6.92 Å². The van der Waals surface area contributed by atoms with Crippen LogP contribution in [0.25, 0.3) is 0 Å². The van der Waals surface area contributed by atoms with Crippen LogP contribution < -0.4 is 0 Å². The Labute approximate surface area is 98.4 Å². The van der Waals surface area contributed by atoms with Crippen LogP contribution in [0.5, 0.6) is 0 Å². The molecule has 0 spiro atoms. The number of hydrogen-bond donors (Lipinski definition) is 1. The van der Waals surface area contributed by atoms with Gasteiger partial charge in [0.05, 0.1) is 5.41 Å². The molecule has 3 aliphatic carbocycles. The summed E-state index contributed by atoms with van der Waals surface area (Å²) in [4.78, 5) is 11.5. The third-order valence-electron chi connectivity index (χ3n) is 5.34. The normalized spacial score (nSPS) is 47.3.